The van der Waals surface area contributed by atoms with Crippen molar-refractivity contribution in [1.82, 2.24) is 9.97 Å². The van der Waals surface area contributed by atoms with Crippen molar-refractivity contribution < 1.29 is 24.4 Å². The van der Waals surface area contributed by atoms with E-state index in [0.717, 1.165) is 6.20 Å². The van der Waals surface area contributed by atoms with Gasteiger partial charge in [-0.2, -0.15) is 0 Å². The zero-order chi connectivity index (χ0) is 16.5. The fourth-order valence-electron chi connectivity index (χ4n) is 1.71. The Balaban J connectivity index is 2.55. The van der Waals surface area contributed by atoms with Crippen LogP contribution in [0.1, 0.15) is 44.0 Å². The molecule has 1 atom stereocenters. The van der Waals surface area contributed by atoms with Crippen LogP contribution in [0.4, 0.5) is 5.82 Å². The first kappa shape index (κ1) is 17.3. The van der Waals surface area contributed by atoms with E-state index in [1.54, 1.807) is 0 Å². The molecule has 1 rings (SSSR count). The number of nitrogens with zero attached hydrogens (tertiary/aromatic N) is 2. The number of carboxylic acid groups (broad SMARTS) is 1. The molecule has 0 saturated heterocycles. The number of ether oxygens (including phenoxy) is 1. The number of aromatic nitrogens is 2. The van der Waals surface area contributed by atoms with Gasteiger partial charge in [-0.05, 0) is 17.8 Å². The van der Waals surface area contributed by atoms with Crippen LogP contribution in [0.5, 0.6) is 0 Å². The second-order valence-electron chi connectivity index (χ2n) is 4.51. The highest BCUT2D eigenvalue weighted by Gasteiger charge is 2.23. The Morgan fingerprint density at radius 3 is 2.73 bits per heavy atom. The Morgan fingerprint density at radius 2 is 2.18 bits per heavy atom. The largest absolute Gasteiger partial charge is 0.481 e. The molecule has 1 aromatic rings. The maximum atomic E-state index is 11.7. The molecule has 0 radical (unpaired) electrons. The van der Waals surface area contributed by atoms with Gasteiger partial charge in [-0.3, -0.25) is 9.59 Å². The van der Waals surface area contributed by atoms with Crippen molar-refractivity contribution in [1.29, 1.82) is 0 Å². The highest BCUT2D eigenvalue weighted by Crippen LogP contribution is 2.22. The van der Waals surface area contributed by atoms with Gasteiger partial charge in [0.1, 0.15) is 6.20 Å². The van der Waals surface area contributed by atoms with E-state index in [-0.39, 0.29) is 30.9 Å². The standard InChI is InChI=1S/C13H17N3O6/c1-2-5-9(13-14-8-10(15-13)16(20)21)22-12(19)7-4-3-6-11(17)18/h2,8-9H,1,3-7H2,(H,14,15)(H,17,18). The summed E-state index contributed by atoms with van der Waals surface area (Å²) in [6.45, 7) is 3.54. The predicted molar refractivity (Wildman–Crippen MR) is 75.0 cm³/mol. The Kier molecular flexibility index (Phi) is 6.74. The normalized spacial score (nSPS) is 11.6. The molecular weight excluding hydrogens is 294 g/mol. The Morgan fingerprint density at radius 1 is 1.50 bits per heavy atom. The number of nitrogens with one attached hydrogen (secondary N) is 1. The van der Waals surface area contributed by atoms with E-state index in [0.29, 0.717) is 12.8 Å². The first-order chi connectivity index (χ1) is 10.4. The minimum Gasteiger partial charge on any atom is -0.481 e. The van der Waals surface area contributed by atoms with Crippen molar-refractivity contribution in [2.24, 2.45) is 0 Å². The Labute approximate surface area is 126 Å². The second-order valence-corrected chi connectivity index (χ2v) is 4.51. The fraction of sp³-hybridized carbons (Fsp3) is 0.462. The highest BCUT2D eigenvalue weighted by molar-refractivity contribution is 5.70. The van der Waals surface area contributed by atoms with Crippen LogP contribution in [0.25, 0.3) is 0 Å². The number of hydrogen-bond donors (Lipinski definition) is 2. The molecule has 2 N–H and O–H groups in total. The number of carbonyl (C=O) groups excluding carboxylic acids is 1. The first-order valence-electron chi connectivity index (χ1n) is 6.65. The van der Waals surface area contributed by atoms with Crippen molar-refractivity contribution in [3.63, 3.8) is 0 Å². The van der Waals surface area contributed by atoms with Gasteiger partial charge in [-0.1, -0.05) is 6.08 Å². The lowest BCUT2D eigenvalue weighted by Crippen LogP contribution is -2.12. The summed E-state index contributed by atoms with van der Waals surface area (Å²) >= 11 is 0. The molecule has 9 heteroatoms. The first-order valence-corrected chi connectivity index (χ1v) is 6.65. The Bertz CT molecular complexity index is 554. The number of nitro groups is 1. The average molecular weight is 311 g/mol. The van der Waals surface area contributed by atoms with Crippen LogP contribution >= 0.6 is 0 Å². The SMILES string of the molecule is C=CCC(OC(=O)CCCCC(=O)O)c1ncc([N+](=O)[O-])[nH]1. The summed E-state index contributed by atoms with van der Waals surface area (Å²) in [5.74, 6) is -1.55. The number of hydrogen-bond acceptors (Lipinski definition) is 6. The lowest BCUT2D eigenvalue weighted by Gasteiger charge is -2.12. The summed E-state index contributed by atoms with van der Waals surface area (Å²) in [5.41, 5.74) is 0. The Hall–Kier alpha value is -2.71. The fourth-order valence-corrected chi connectivity index (χ4v) is 1.71. The van der Waals surface area contributed by atoms with E-state index >= 15 is 0 Å². The van der Waals surface area contributed by atoms with E-state index in [9.17, 15) is 19.7 Å². The molecule has 0 amide bonds. The summed E-state index contributed by atoms with van der Waals surface area (Å²) in [4.78, 5) is 38.3. The zero-order valence-electron chi connectivity index (χ0n) is 11.9. The molecule has 1 aromatic heterocycles. The van der Waals surface area contributed by atoms with Gasteiger partial charge in [-0.15, -0.1) is 6.58 Å². The third kappa shape index (κ3) is 5.73. The van der Waals surface area contributed by atoms with Crippen molar-refractivity contribution in [3.05, 3.63) is 34.8 Å². The molecule has 0 saturated carbocycles. The molecule has 9 nitrogen and oxygen atoms in total. The molecule has 0 aromatic carbocycles. The smallest absolute Gasteiger partial charge is 0.340 e. The summed E-state index contributed by atoms with van der Waals surface area (Å²) in [6, 6.07) is 0. The minimum atomic E-state index is -0.916. The average Bonchev–Trinajstić information content (AvgIpc) is 2.93. The van der Waals surface area contributed by atoms with E-state index in [1.807, 2.05) is 0 Å². The number of carbonyl (C=O) groups is 2. The third-order valence-electron chi connectivity index (χ3n) is 2.76. The number of unbranched alkanes of at least 4 members (excludes halogenated alkanes) is 1. The summed E-state index contributed by atoms with van der Waals surface area (Å²) in [6.07, 6.45) is 2.87. The monoisotopic (exact) mass is 311 g/mol. The molecule has 22 heavy (non-hydrogen) atoms. The van der Waals surface area contributed by atoms with E-state index in [1.165, 1.54) is 6.08 Å². The quantitative estimate of drug-likeness (QED) is 0.222. The van der Waals surface area contributed by atoms with E-state index in [2.05, 4.69) is 16.5 Å². The second kappa shape index (κ2) is 8.55. The van der Waals surface area contributed by atoms with Gasteiger partial charge >= 0.3 is 17.8 Å². The van der Waals surface area contributed by atoms with Gasteiger partial charge < -0.3 is 20.0 Å². The molecule has 1 heterocycles. The van der Waals surface area contributed by atoms with Crippen LogP contribution in [0.2, 0.25) is 0 Å². The molecule has 0 bridgehead atoms. The molecule has 1 unspecified atom stereocenters. The number of esters is 1. The zero-order valence-corrected chi connectivity index (χ0v) is 11.9. The number of imidazole rings is 1. The van der Waals surface area contributed by atoms with Crippen molar-refractivity contribution in [3.8, 4) is 0 Å². The van der Waals surface area contributed by atoms with Crippen LogP contribution < -0.4 is 0 Å². The number of H-pyrrole nitrogens is 1. The van der Waals surface area contributed by atoms with E-state index < -0.39 is 23.0 Å². The van der Waals surface area contributed by atoms with Crippen LogP contribution in [0, 0.1) is 10.1 Å². The number of rotatable bonds is 10. The lowest BCUT2D eigenvalue weighted by atomic mass is 10.2. The summed E-state index contributed by atoms with van der Waals surface area (Å²) < 4.78 is 5.20. The highest BCUT2D eigenvalue weighted by atomic mass is 16.6. The molecule has 0 fully saturated rings. The number of carboxylic acids is 1. The van der Waals surface area contributed by atoms with Gasteiger partial charge in [-0.25, -0.2) is 9.97 Å². The van der Waals surface area contributed by atoms with E-state index in [4.69, 9.17) is 9.84 Å². The van der Waals surface area contributed by atoms with Crippen molar-refractivity contribution in [2.45, 2.75) is 38.2 Å². The minimum absolute atomic E-state index is 0.00621. The van der Waals surface area contributed by atoms with Gasteiger partial charge in [0.05, 0.1) is 0 Å². The molecular formula is C13H17N3O6. The maximum Gasteiger partial charge on any atom is 0.340 e. The molecule has 0 aliphatic heterocycles. The third-order valence-corrected chi connectivity index (χ3v) is 2.76. The van der Waals surface area contributed by atoms with Crippen LogP contribution in [-0.2, 0) is 14.3 Å². The number of aliphatic carboxylic acids is 1. The summed E-state index contributed by atoms with van der Waals surface area (Å²) in [5, 5.41) is 19.1. The van der Waals surface area contributed by atoms with Gasteiger partial charge in [0.2, 0.25) is 5.82 Å². The van der Waals surface area contributed by atoms with Gasteiger partial charge in [0.25, 0.3) is 0 Å². The molecule has 0 aliphatic carbocycles. The molecule has 0 aliphatic rings. The van der Waals surface area contributed by atoms with Gasteiger partial charge in [0.15, 0.2) is 6.10 Å². The van der Waals surface area contributed by atoms with Crippen molar-refractivity contribution in [2.75, 3.05) is 0 Å². The van der Waals surface area contributed by atoms with Crippen LogP contribution in [0.3, 0.4) is 0 Å². The number of aromatic amines is 1. The lowest BCUT2D eigenvalue weighted by molar-refractivity contribution is -0.389. The van der Waals surface area contributed by atoms with Crippen LogP contribution in [0.15, 0.2) is 18.9 Å². The predicted octanol–water partition coefficient (Wildman–Crippen LogP) is 2.12. The van der Waals surface area contributed by atoms with Crippen molar-refractivity contribution >= 4 is 17.8 Å². The summed E-state index contributed by atoms with van der Waals surface area (Å²) in [7, 11) is 0. The maximum absolute atomic E-state index is 11.7. The topological polar surface area (TPSA) is 135 Å². The molecule has 0 spiro atoms. The van der Waals surface area contributed by atoms with Crippen LogP contribution in [-0.4, -0.2) is 31.9 Å². The van der Waals surface area contributed by atoms with Gasteiger partial charge in [0, 0.05) is 19.3 Å². The molecule has 120 valence electrons.